The van der Waals surface area contributed by atoms with Crippen LogP contribution < -0.4 is 10.6 Å². The summed E-state index contributed by atoms with van der Waals surface area (Å²) >= 11 is 1.64. The van der Waals surface area contributed by atoms with Crippen LogP contribution in [0.4, 0.5) is 0 Å². The third-order valence-electron chi connectivity index (χ3n) is 4.31. The Bertz CT molecular complexity index is 561. The molecule has 1 aliphatic rings. The minimum absolute atomic E-state index is 0.216. The minimum atomic E-state index is -0.293. The van der Waals surface area contributed by atoms with Crippen molar-refractivity contribution >= 4 is 23.2 Å². The molecule has 0 aliphatic heterocycles. The van der Waals surface area contributed by atoms with Crippen molar-refractivity contribution in [3.63, 3.8) is 0 Å². The lowest BCUT2D eigenvalue weighted by molar-refractivity contribution is -0.138. The van der Waals surface area contributed by atoms with E-state index >= 15 is 0 Å². The highest BCUT2D eigenvalue weighted by Crippen LogP contribution is 2.38. The Hall–Kier alpha value is -1.63. The largest absolute Gasteiger partial charge is 0.355 e. The van der Waals surface area contributed by atoms with Gasteiger partial charge in [0.05, 0.1) is 12.0 Å². The first-order valence-corrected chi connectivity index (χ1v) is 8.92. The monoisotopic (exact) mass is 337 g/mol. The molecule has 1 aromatic rings. The van der Waals surface area contributed by atoms with Gasteiger partial charge >= 0.3 is 0 Å². The van der Waals surface area contributed by atoms with E-state index in [1.54, 1.807) is 23.3 Å². The molecule has 128 valence electrons. The Morgan fingerprint density at radius 2 is 2.09 bits per heavy atom. The maximum Gasteiger partial charge on any atom is 0.230 e. The molecule has 0 bridgehead atoms. The molecule has 0 atom stereocenters. The van der Waals surface area contributed by atoms with E-state index in [0.29, 0.717) is 13.1 Å². The van der Waals surface area contributed by atoms with Crippen LogP contribution in [0.15, 0.2) is 10.4 Å². The highest BCUT2D eigenvalue weighted by Gasteiger charge is 2.42. The average Bonchev–Trinajstić information content (AvgIpc) is 3.16. The molecule has 1 aliphatic carbocycles. The molecule has 2 N–H and O–H groups in total. The van der Waals surface area contributed by atoms with Crippen LogP contribution in [0.5, 0.6) is 0 Å². The van der Waals surface area contributed by atoms with Crippen molar-refractivity contribution in [2.45, 2.75) is 39.2 Å². The summed E-state index contributed by atoms with van der Waals surface area (Å²) in [6, 6.07) is 0. The van der Waals surface area contributed by atoms with Gasteiger partial charge in [0.1, 0.15) is 5.01 Å². The van der Waals surface area contributed by atoms with E-state index in [-0.39, 0.29) is 11.3 Å². The van der Waals surface area contributed by atoms with Gasteiger partial charge in [0.2, 0.25) is 5.91 Å². The third-order valence-corrected chi connectivity index (χ3v) is 5.28. The van der Waals surface area contributed by atoms with Crippen molar-refractivity contribution < 1.29 is 4.79 Å². The molecular formula is C16H27N5OS. The smallest absolute Gasteiger partial charge is 0.230 e. The summed E-state index contributed by atoms with van der Waals surface area (Å²) in [5.41, 5.74) is 0.745. The molecular weight excluding hydrogens is 310 g/mol. The Morgan fingerprint density at radius 1 is 1.39 bits per heavy atom. The molecule has 0 spiro atoms. The van der Waals surface area contributed by atoms with Crippen LogP contribution in [0.2, 0.25) is 0 Å². The third kappa shape index (κ3) is 4.43. The molecule has 0 aromatic carbocycles. The van der Waals surface area contributed by atoms with Gasteiger partial charge in [-0.2, -0.15) is 0 Å². The normalized spacial score (nSPS) is 17.1. The lowest BCUT2D eigenvalue weighted by atomic mass is 9.84. The number of nitrogens with one attached hydrogen (secondary N) is 2. The molecule has 6 nitrogen and oxygen atoms in total. The summed E-state index contributed by atoms with van der Waals surface area (Å²) < 4.78 is 0. The molecule has 1 amide bonds. The van der Waals surface area contributed by atoms with Crippen LogP contribution in [0.25, 0.3) is 0 Å². The summed E-state index contributed by atoms with van der Waals surface area (Å²) in [5, 5.41) is 9.67. The van der Waals surface area contributed by atoms with Gasteiger partial charge in [-0.05, 0) is 19.8 Å². The number of guanidine groups is 1. The van der Waals surface area contributed by atoms with Crippen LogP contribution in [-0.4, -0.2) is 49.4 Å². The number of carbonyl (C=O) groups excluding carboxylic acids is 1. The summed E-state index contributed by atoms with van der Waals surface area (Å²) in [5.74, 6) is 0.934. The van der Waals surface area contributed by atoms with Crippen LogP contribution in [0.3, 0.4) is 0 Å². The van der Waals surface area contributed by atoms with E-state index in [0.717, 1.165) is 42.3 Å². The number of rotatable bonds is 5. The number of hydrogen-bond acceptors (Lipinski definition) is 4. The zero-order valence-electron chi connectivity index (χ0n) is 14.5. The first-order valence-electron chi connectivity index (χ1n) is 8.04. The molecule has 1 fully saturated rings. The maximum atomic E-state index is 12.6. The van der Waals surface area contributed by atoms with Crippen LogP contribution in [0, 0.1) is 12.3 Å². The zero-order chi connectivity index (χ0) is 16.9. The first kappa shape index (κ1) is 17.7. The number of aromatic nitrogens is 1. The van der Waals surface area contributed by atoms with Gasteiger partial charge in [-0.3, -0.25) is 9.79 Å². The lowest BCUT2D eigenvalue weighted by Gasteiger charge is -2.31. The predicted molar refractivity (Wildman–Crippen MR) is 94.6 cm³/mol. The number of thiazole rings is 1. The van der Waals surface area contributed by atoms with Crippen molar-refractivity contribution in [3.8, 4) is 0 Å². The van der Waals surface area contributed by atoms with Crippen molar-refractivity contribution in [3.05, 3.63) is 16.1 Å². The molecule has 0 saturated heterocycles. The lowest BCUT2D eigenvalue weighted by Crippen LogP contribution is -2.49. The topological polar surface area (TPSA) is 69.6 Å². The Morgan fingerprint density at radius 3 is 2.61 bits per heavy atom. The van der Waals surface area contributed by atoms with Gasteiger partial charge < -0.3 is 15.5 Å². The van der Waals surface area contributed by atoms with Gasteiger partial charge in [-0.25, -0.2) is 4.98 Å². The van der Waals surface area contributed by atoms with Crippen LogP contribution in [-0.2, 0) is 11.3 Å². The van der Waals surface area contributed by atoms with Gasteiger partial charge in [0.15, 0.2) is 5.96 Å². The Balaban J connectivity index is 1.92. The highest BCUT2D eigenvalue weighted by molar-refractivity contribution is 7.09. The highest BCUT2D eigenvalue weighted by atomic mass is 32.1. The van der Waals surface area contributed by atoms with E-state index < -0.39 is 0 Å². The number of carbonyl (C=O) groups is 1. The first-order chi connectivity index (χ1) is 11.0. The standard InChI is InChI=1S/C16H27N5OS/c1-12-10-23-13(20-12)9-18-15(17-2)19-11-16(7-5-6-8-16)14(22)21(3)4/h10H,5-9,11H2,1-4H3,(H2,17,18,19). The fourth-order valence-electron chi connectivity index (χ4n) is 3.11. The molecule has 23 heavy (non-hydrogen) atoms. The molecule has 2 rings (SSSR count). The van der Waals surface area contributed by atoms with Crippen molar-refractivity contribution in [2.24, 2.45) is 10.4 Å². The molecule has 0 unspecified atom stereocenters. The molecule has 1 aromatic heterocycles. The zero-order valence-corrected chi connectivity index (χ0v) is 15.3. The average molecular weight is 337 g/mol. The Labute approximate surface area is 142 Å². The summed E-state index contributed by atoms with van der Waals surface area (Å²) in [4.78, 5) is 23.0. The number of amides is 1. The Kier molecular flexibility index (Phi) is 5.98. The van der Waals surface area contributed by atoms with Crippen molar-refractivity contribution in [1.82, 2.24) is 20.5 Å². The number of aryl methyl sites for hydroxylation is 1. The molecule has 7 heteroatoms. The summed E-state index contributed by atoms with van der Waals surface area (Å²) in [6.45, 7) is 3.26. The van der Waals surface area contributed by atoms with Gasteiger partial charge in [0.25, 0.3) is 0 Å². The predicted octanol–water partition coefficient (Wildman–Crippen LogP) is 1.77. The number of hydrogen-bond donors (Lipinski definition) is 2. The number of aliphatic imine (C=N–C) groups is 1. The van der Waals surface area contributed by atoms with Crippen LogP contribution >= 0.6 is 11.3 Å². The fourth-order valence-corrected chi connectivity index (χ4v) is 3.82. The molecule has 1 heterocycles. The van der Waals surface area contributed by atoms with Gasteiger partial charge in [0, 0.05) is 38.8 Å². The SMILES string of the molecule is CN=C(NCc1nc(C)cs1)NCC1(C(=O)N(C)C)CCCC1. The number of nitrogens with zero attached hydrogens (tertiary/aromatic N) is 3. The van der Waals surface area contributed by atoms with Crippen LogP contribution in [0.1, 0.15) is 36.4 Å². The van der Waals surface area contributed by atoms with Gasteiger partial charge in [-0.1, -0.05) is 12.8 Å². The van der Waals surface area contributed by atoms with E-state index in [4.69, 9.17) is 0 Å². The second kappa shape index (κ2) is 7.77. The minimum Gasteiger partial charge on any atom is -0.355 e. The molecule has 1 saturated carbocycles. The summed E-state index contributed by atoms with van der Waals surface area (Å²) in [6.07, 6.45) is 4.12. The van der Waals surface area contributed by atoms with E-state index in [1.807, 2.05) is 26.4 Å². The second-order valence-corrected chi connectivity index (χ2v) is 7.29. The van der Waals surface area contributed by atoms with E-state index in [2.05, 4.69) is 20.6 Å². The van der Waals surface area contributed by atoms with Crippen molar-refractivity contribution in [1.29, 1.82) is 0 Å². The van der Waals surface area contributed by atoms with Gasteiger partial charge in [-0.15, -0.1) is 11.3 Å². The second-order valence-electron chi connectivity index (χ2n) is 6.35. The maximum absolute atomic E-state index is 12.6. The summed E-state index contributed by atoms with van der Waals surface area (Å²) in [7, 11) is 5.41. The molecule has 0 radical (unpaired) electrons. The quantitative estimate of drug-likeness (QED) is 0.635. The van der Waals surface area contributed by atoms with E-state index in [1.165, 1.54) is 0 Å². The fraction of sp³-hybridized carbons (Fsp3) is 0.688. The van der Waals surface area contributed by atoms with Crippen molar-refractivity contribution in [2.75, 3.05) is 27.7 Å². The van der Waals surface area contributed by atoms with E-state index in [9.17, 15) is 4.79 Å².